The predicted molar refractivity (Wildman–Crippen MR) is 67.8 cm³/mol. The molecular weight excluding hydrogens is 289 g/mol. The number of hydrogen-bond donors (Lipinski definition) is 0. The molecule has 0 saturated carbocycles. The molecule has 0 amide bonds. The highest BCUT2D eigenvalue weighted by Crippen LogP contribution is 2.44. The van der Waals surface area contributed by atoms with Gasteiger partial charge in [-0.3, -0.25) is 0 Å². The Bertz CT molecular complexity index is 718. The first-order chi connectivity index (χ1) is 9.75. The Balaban J connectivity index is 2.90. The number of nitrogens with zero attached hydrogens (tertiary/aromatic N) is 1. The van der Waals surface area contributed by atoms with E-state index in [1.165, 1.54) is 6.92 Å². The van der Waals surface area contributed by atoms with Crippen molar-refractivity contribution in [2.45, 2.75) is 13.1 Å². The average molecular weight is 297 g/mol. The number of benzene rings is 2. The minimum Gasteiger partial charge on any atom is -0.237 e. The van der Waals surface area contributed by atoms with Crippen LogP contribution in [0.4, 0.5) is 27.6 Å². The van der Waals surface area contributed by atoms with Crippen LogP contribution in [0.3, 0.4) is 0 Å². The molecular formula is C15H8F5N. The molecule has 0 N–H and O–H groups in total. The second-order valence-electron chi connectivity index (χ2n) is 4.41. The van der Waals surface area contributed by atoms with Crippen molar-refractivity contribution in [1.29, 1.82) is 0 Å². The van der Waals surface area contributed by atoms with E-state index in [0.717, 1.165) is 24.3 Å². The molecule has 0 bridgehead atoms. The van der Waals surface area contributed by atoms with Crippen LogP contribution in [0.15, 0.2) is 30.3 Å². The molecule has 0 saturated heterocycles. The molecule has 108 valence electrons. The number of hydrogen-bond acceptors (Lipinski definition) is 0. The summed E-state index contributed by atoms with van der Waals surface area (Å²) in [6.07, 6.45) is -4.82. The highest BCUT2D eigenvalue weighted by atomic mass is 19.4. The number of aryl methyl sites for hydroxylation is 1. The summed E-state index contributed by atoms with van der Waals surface area (Å²) in [7, 11) is 0. The Morgan fingerprint density at radius 1 is 1.00 bits per heavy atom. The lowest BCUT2D eigenvalue weighted by Gasteiger charge is -2.16. The number of alkyl halides is 3. The molecule has 0 atom stereocenters. The third kappa shape index (κ3) is 2.72. The van der Waals surface area contributed by atoms with E-state index in [-0.39, 0.29) is 5.56 Å². The highest BCUT2D eigenvalue weighted by molar-refractivity contribution is 5.82. The van der Waals surface area contributed by atoms with Gasteiger partial charge in [-0.25, -0.2) is 13.6 Å². The topological polar surface area (TPSA) is 4.36 Å². The molecule has 0 aromatic heterocycles. The zero-order chi connectivity index (χ0) is 15.8. The lowest BCUT2D eigenvalue weighted by atomic mass is 9.95. The summed E-state index contributed by atoms with van der Waals surface area (Å²) in [4.78, 5) is 2.94. The van der Waals surface area contributed by atoms with Gasteiger partial charge in [-0.2, -0.15) is 13.2 Å². The molecule has 2 aromatic carbocycles. The third-order valence-electron chi connectivity index (χ3n) is 2.90. The summed E-state index contributed by atoms with van der Waals surface area (Å²) in [5.41, 5.74) is -3.05. The summed E-state index contributed by atoms with van der Waals surface area (Å²) in [6, 6.07) is 4.68. The lowest BCUT2D eigenvalue weighted by molar-refractivity contribution is -0.137. The molecule has 0 radical (unpaired) electrons. The maximum atomic E-state index is 14.0. The van der Waals surface area contributed by atoms with Crippen LogP contribution in [0.2, 0.25) is 0 Å². The summed E-state index contributed by atoms with van der Waals surface area (Å²) < 4.78 is 67.1. The molecule has 0 aliphatic rings. The maximum Gasteiger partial charge on any atom is 0.415 e. The average Bonchev–Trinajstić information content (AvgIpc) is 2.36. The van der Waals surface area contributed by atoms with E-state index in [1.54, 1.807) is 0 Å². The molecule has 0 aliphatic carbocycles. The Morgan fingerprint density at radius 3 is 2.05 bits per heavy atom. The predicted octanol–water partition coefficient (Wildman–Crippen LogP) is 5.51. The Kier molecular flexibility index (Phi) is 3.69. The second kappa shape index (κ2) is 5.17. The fourth-order valence-electron chi connectivity index (χ4n) is 2.07. The van der Waals surface area contributed by atoms with Gasteiger partial charge in [0.05, 0.1) is 12.1 Å². The van der Waals surface area contributed by atoms with Crippen LogP contribution in [0.25, 0.3) is 16.0 Å². The molecule has 0 unspecified atom stereocenters. The van der Waals surface area contributed by atoms with Crippen LogP contribution in [-0.4, -0.2) is 0 Å². The van der Waals surface area contributed by atoms with Gasteiger partial charge in [0.25, 0.3) is 0 Å². The quantitative estimate of drug-likeness (QED) is 0.483. The number of halogens is 5. The largest absolute Gasteiger partial charge is 0.415 e. The van der Waals surface area contributed by atoms with Crippen molar-refractivity contribution < 1.29 is 22.0 Å². The summed E-state index contributed by atoms with van der Waals surface area (Å²) in [5.74, 6) is -2.26. The van der Waals surface area contributed by atoms with Crippen LogP contribution >= 0.6 is 0 Å². The molecule has 0 aliphatic heterocycles. The van der Waals surface area contributed by atoms with E-state index in [2.05, 4.69) is 4.85 Å². The van der Waals surface area contributed by atoms with Crippen molar-refractivity contribution in [3.63, 3.8) is 0 Å². The van der Waals surface area contributed by atoms with Crippen molar-refractivity contribution in [1.82, 2.24) is 0 Å². The van der Waals surface area contributed by atoms with Gasteiger partial charge >= 0.3 is 6.18 Å². The monoisotopic (exact) mass is 297 g/mol. The SMILES string of the molecule is [C-]#[N+]c1cccc(C(F)(F)F)c1-c1c(F)cc(C)cc1F. The Labute approximate surface area is 117 Å². The zero-order valence-electron chi connectivity index (χ0n) is 10.7. The first-order valence-corrected chi connectivity index (χ1v) is 5.79. The molecule has 6 heteroatoms. The number of rotatable bonds is 1. The lowest BCUT2D eigenvalue weighted by Crippen LogP contribution is -2.08. The minimum absolute atomic E-state index is 0.239. The molecule has 2 aromatic rings. The second-order valence-corrected chi connectivity index (χ2v) is 4.41. The van der Waals surface area contributed by atoms with E-state index >= 15 is 0 Å². The van der Waals surface area contributed by atoms with Crippen molar-refractivity contribution in [2.24, 2.45) is 0 Å². The fourth-order valence-corrected chi connectivity index (χ4v) is 2.07. The van der Waals surface area contributed by atoms with Gasteiger partial charge in [0.1, 0.15) is 11.6 Å². The van der Waals surface area contributed by atoms with E-state index in [0.29, 0.717) is 6.07 Å². The van der Waals surface area contributed by atoms with Gasteiger partial charge < -0.3 is 0 Å². The molecule has 2 rings (SSSR count). The molecule has 0 spiro atoms. The van der Waals surface area contributed by atoms with Crippen molar-refractivity contribution in [2.75, 3.05) is 0 Å². The van der Waals surface area contributed by atoms with Crippen LogP contribution in [-0.2, 0) is 6.18 Å². The Hall–Kier alpha value is -2.42. The standard InChI is InChI=1S/C15H8F5N/c1-8-6-10(16)14(11(17)7-8)13-9(15(18,19)20)4-3-5-12(13)21-2/h3-7H,1H3. The van der Waals surface area contributed by atoms with Gasteiger partial charge in [0.2, 0.25) is 0 Å². The van der Waals surface area contributed by atoms with E-state index in [9.17, 15) is 22.0 Å². The van der Waals surface area contributed by atoms with Crippen molar-refractivity contribution >= 4 is 5.69 Å². The molecule has 0 heterocycles. The normalized spacial score (nSPS) is 11.3. The zero-order valence-corrected chi connectivity index (χ0v) is 10.7. The smallest absolute Gasteiger partial charge is 0.237 e. The van der Waals surface area contributed by atoms with Gasteiger partial charge in [0, 0.05) is 11.1 Å². The van der Waals surface area contributed by atoms with Gasteiger partial charge in [-0.1, -0.05) is 18.2 Å². The third-order valence-corrected chi connectivity index (χ3v) is 2.90. The van der Waals surface area contributed by atoms with Crippen LogP contribution in [0, 0.1) is 25.1 Å². The van der Waals surface area contributed by atoms with Crippen LogP contribution in [0.1, 0.15) is 11.1 Å². The maximum absolute atomic E-state index is 14.0. The molecule has 1 nitrogen and oxygen atoms in total. The van der Waals surface area contributed by atoms with Crippen molar-refractivity contribution in [3.05, 3.63) is 64.5 Å². The summed E-state index contributed by atoms with van der Waals surface area (Å²) in [5, 5.41) is 0. The Morgan fingerprint density at radius 2 is 1.57 bits per heavy atom. The summed E-state index contributed by atoms with van der Waals surface area (Å²) >= 11 is 0. The van der Waals surface area contributed by atoms with Gasteiger partial charge in [-0.15, -0.1) is 0 Å². The molecule has 0 fully saturated rings. The van der Waals surface area contributed by atoms with E-state index < -0.39 is 40.2 Å². The van der Waals surface area contributed by atoms with Gasteiger partial charge in [-0.05, 0) is 24.6 Å². The van der Waals surface area contributed by atoms with Crippen molar-refractivity contribution in [3.8, 4) is 11.1 Å². The highest BCUT2D eigenvalue weighted by Gasteiger charge is 2.36. The fraction of sp³-hybridized carbons (Fsp3) is 0.133. The van der Waals surface area contributed by atoms with Crippen LogP contribution < -0.4 is 0 Å². The van der Waals surface area contributed by atoms with E-state index in [1.807, 2.05) is 0 Å². The minimum atomic E-state index is -4.82. The summed E-state index contributed by atoms with van der Waals surface area (Å²) in [6.45, 7) is 8.35. The van der Waals surface area contributed by atoms with Crippen LogP contribution in [0.5, 0.6) is 0 Å². The van der Waals surface area contributed by atoms with Gasteiger partial charge in [0.15, 0.2) is 5.69 Å². The van der Waals surface area contributed by atoms with E-state index in [4.69, 9.17) is 6.57 Å². The first-order valence-electron chi connectivity index (χ1n) is 5.79. The first kappa shape index (κ1) is 15.0. The molecule has 21 heavy (non-hydrogen) atoms.